The van der Waals surface area contributed by atoms with Crippen LogP contribution in [0.1, 0.15) is 45.2 Å². The van der Waals surface area contributed by atoms with Gasteiger partial charge >= 0.3 is 0 Å². The Morgan fingerprint density at radius 2 is 1.59 bits per heavy atom. The second-order valence-electron chi connectivity index (χ2n) is 9.45. The first-order chi connectivity index (χ1) is 18.6. The number of benzene rings is 3. The number of para-hydroxylation sites is 1. The van der Waals surface area contributed by atoms with E-state index in [0.717, 1.165) is 26.3 Å². The minimum absolute atomic E-state index is 0.0610. The Bertz CT molecular complexity index is 1380. The number of anilines is 1. The Morgan fingerprint density at radius 1 is 0.923 bits per heavy atom. The molecule has 0 radical (unpaired) electrons. The molecule has 0 spiro atoms. The maximum atomic E-state index is 14.0. The van der Waals surface area contributed by atoms with Crippen LogP contribution in [0.2, 0.25) is 0 Å². The van der Waals surface area contributed by atoms with Gasteiger partial charge in [-0.15, -0.1) is 0 Å². The van der Waals surface area contributed by atoms with E-state index in [1.807, 2.05) is 57.2 Å². The lowest BCUT2D eigenvalue weighted by molar-refractivity contribution is -0.139. The summed E-state index contributed by atoms with van der Waals surface area (Å²) < 4.78 is 29.8. The maximum absolute atomic E-state index is 14.0. The molecule has 1 N–H and O–H groups in total. The molecule has 0 fully saturated rings. The van der Waals surface area contributed by atoms with E-state index in [0.29, 0.717) is 12.1 Å². The lowest BCUT2D eigenvalue weighted by Crippen LogP contribution is -2.52. The molecule has 2 amide bonds. The van der Waals surface area contributed by atoms with Crippen molar-refractivity contribution in [1.82, 2.24) is 10.2 Å². The lowest BCUT2D eigenvalue weighted by atomic mass is 10.1. The van der Waals surface area contributed by atoms with Crippen molar-refractivity contribution in [2.75, 3.05) is 10.8 Å². The van der Waals surface area contributed by atoms with Crippen LogP contribution in [0.25, 0.3) is 0 Å². The molecular formula is C30H36BrN3O4S. The smallest absolute Gasteiger partial charge is 0.264 e. The first-order valence-electron chi connectivity index (χ1n) is 13.1. The molecule has 3 aromatic rings. The average Bonchev–Trinajstić information content (AvgIpc) is 2.94. The van der Waals surface area contributed by atoms with E-state index in [2.05, 4.69) is 21.2 Å². The number of amides is 2. The monoisotopic (exact) mass is 613 g/mol. The van der Waals surface area contributed by atoms with Gasteiger partial charge in [-0.1, -0.05) is 78.3 Å². The minimum Gasteiger partial charge on any atom is -0.352 e. The van der Waals surface area contributed by atoms with Crippen LogP contribution in [0.5, 0.6) is 0 Å². The topological polar surface area (TPSA) is 86.8 Å². The summed E-state index contributed by atoms with van der Waals surface area (Å²) in [5, 5.41) is 2.95. The number of hydrogen-bond acceptors (Lipinski definition) is 4. The van der Waals surface area contributed by atoms with Gasteiger partial charge in [0.1, 0.15) is 12.6 Å². The molecule has 3 rings (SSSR count). The van der Waals surface area contributed by atoms with Crippen molar-refractivity contribution in [3.63, 3.8) is 0 Å². The molecule has 0 bridgehead atoms. The molecule has 0 saturated carbocycles. The first-order valence-corrected chi connectivity index (χ1v) is 15.3. The highest BCUT2D eigenvalue weighted by atomic mass is 79.9. The van der Waals surface area contributed by atoms with E-state index in [4.69, 9.17) is 0 Å². The van der Waals surface area contributed by atoms with Crippen LogP contribution in [0.15, 0.2) is 88.2 Å². The Balaban J connectivity index is 2.05. The maximum Gasteiger partial charge on any atom is 0.264 e. The van der Waals surface area contributed by atoms with Gasteiger partial charge in [0.25, 0.3) is 10.0 Å². The number of sulfonamides is 1. The summed E-state index contributed by atoms with van der Waals surface area (Å²) in [7, 11) is -4.09. The van der Waals surface area contributed by atoms with E-state index < -0.39 is 28.5 Å². The van der Waals surface area contributed by atoms with Gasteiger partial charge in [-0.25, -0.2) is 8.42 Å². The first kappa shape index (κ1) is 30.4. The molecule has 208 valence electrons. The van der Waals surface area contributed by atoms with Crippen molar-refractivity contribution in [2.24, 2.45) is 0 Å². The third-order valence-corrected chi connectivity index (χ3v) is 8.93. The van der Waals surface area contributed by atoms with Gasteiger partial charge in [0.2, 0.25) is 11.8 Å². The van der Waals surface area contributed by atoms with Gasteiger partial charge in [0, 0.05) is 17.1 Å². The van der Waals surface area contributed by atoms with Gasteiger partial charge in [0.15, 0.2) is 0 Å². The second-order valence-corrected chi connectivity index (χ2v) is 12.2. The van der Waals surface area contributed by atoms with Crippen LogP contribution >= 0.6 is 15.9 Å². The van der Waals surface area contributed by atoms with E-state index >= 15 is 0 Å². The molecule has 9 heteroatoms. The highest BCUT2D eigenvalue weighted by molar-refractivity contribution is 9.10. The third-order valence-electron chi connectivity index (χ3n) is 6.66. The number of hydrogen-bond donors (Lipinski definition) is 1. The predicted molar refractivity (Wildman–Crippen MR) is 159 cm³/mol. The van der Waals surface area contributed by atoms with E-state index in [1.165, 1.54) is 17.0 Å². The standard InChI is InChI=1S/C30H36BrN3O4S/c1-5-22(3)32-30(36)23(4)33(20-24-13-12-15-26(31)19-24)29(35)21-34(28-18-11-10-14-25(28)6-2)39(37,38)27-16-8-7-9-17-27/h7-19,22-23H,5-6,20-21H2,1-4H3,(H,32,36)/t22-,23-/m0/s1. The molecule has 0 aliphatic heterocycles. The number of nitrogens with one attached hydrogen (secondary N) is 1. The Labute approximate surface area is 240 Å². The minimum atomic E-state index is -4.09. The molecule has 0 aliphatic rings. The van der Waals surface area contributed by atoms with Crippen LogP contribution in [0, 0.1) is 0 Å². The van der Waals surface area contributed by atoms with Crippen molar-refractivity contribution in [3.05, 3.63) is 94.5 Å². The van der Waals surface area contributed by atoms with E-state index in [1.54, 1.807) is 37.3 Å². The largest absolute Gasteiger partial charge is 0.352 e. The highest BCUT2D eigenvalue weighted by Gasteiger charge is 2.33. The normalized spacial score (nSPS) is 12.8. The summed E-state index contributed by atoms with van der Waals surface area (Å²) in [5.41, 5.74) is 2.05. The van der Waals surface area contributed by atoms with Gasteiger partial charge in [-0.05, 0) is 68.1 Å². The van der Waals surface area contributed by atoms with Crippen molar-refractivity contribution in [1.29, 1.82) is 0 Å². The third kappa shape index (κ3) is 7.70. The molecule has 2 atom stereocenters. The number of carbonyl (C=O) groups excluding carboxylic acids is 2. The Morgan fingerprint density at radius 3 is 2.23 bits per heavy atom. The van der Waals surface area contributed by atoms with Gasteiger partial charge < -0.3 is 10.2 Å². The molecular weight excluding hydrogens is 578 g/mol. The fraction of sp³-hybridized carbons (Fsp3) is 0.333. The quantitative estimate of drug-likeness (QED) is 0.291. The summed E-state index contributed by atoms with van der Waals surface area (Å²) in [5.74, 6) is -0.772. The fourth-order valence-corrected chi connectivity index (χ4v) is 6.09. The SMILES string of the molecule is CCc1ccccc1N(CC(=O)N(Cc1cccc(Br)c1)[C@@H](C)C(=O)N[C@@H](C)CC)S(=O)(=O)c1ccccc1. The van der Waals surface area contributed by atoms with Gasteiger partial charge in [-0.2, -0.15) is 0 Å². The Hall–Kier alpha value is -3.17. The van der Waals surface area contributed by atoms with Crippen molar-refractivity contribution in [2.45, 2.75) is 64.1 Å². The van der Waals surface area contributed by atoms with E-state index in [-0.39, 0.29) is 23.4 Å². The fourth-order valence-electron chi connectivity index (χ4n) is 4.17. The average molecular weight is 615 g/mol. The molecule has 0 aromatic heterocycles. The van der Waals surface area contributed by atoms with Crippen molar-refractivity contribution >= 4 is 43.5 Å². The zero-order valence-electron chi connectivity index (χ0n) is 22.8. The highest BCUT2D eigenvalue weighted by Crippen LogP contribution is 2.28. The zero-order valence-corrected chi connectivity index (χ0v) is 25.2. The number of aryl methyl sites for hydroxylation is 1. The van der Waals surface area contributed by atoms with Crippen LogP contribution in [-0.4, -0.2) is 43.8 Å². The lowest BCUT2D eigenvalue weighted by Gasteiger charge is -2.33. The summed E-state index contributed by atoms with van der Waals surface area (Å²) >= 11 is 3.47. The molecule has 0 aliphatic carbocycles. The molecule has 0 unspecified atom stereocenters. The Kier molecular flexibility index (Phi) is 10.7. The van der Waals surface area contributed by atoms with Crippen LogP contribution in [-0.2, 0) is 32.6 Å². The summed E-state index contributed by atoms with van der Waals surface area (Å²) in [6.07, 6.45) is 1.33. The van der Waals surface area contributed by atoms with Gasteiger partial charge in [0.05, 0.1) is 10.6 Å². The van der Waals surface area contributed by atoms with Crippen LogP contribution in [0.4, 0.5) is 5.69 Å². The van der Waals surface area contributed by atoms with Gasteiger partial charge in [-0.3, -0.25) is 13.9 Å². The summed E-state index contributed by atoms with van der Waals surface area (Å²) in [6.45, 7) is 7.17. The molecule has 7 nitrogen and oxygen atoms in total. The van der Waals surface area contributed by atoms with Crippen LogP contribution in [0.3, 0.4) is 0 Å². The van der Waals surface area contributed by atoms with E-state index in [9.17, 15) is 18.0 Å². The molecule has 3 aromatic carbocycles. The number of halogens is 1. The number of carbonyl (C=O) groups is 2. The zero-order chi connectivity index (χ0) is 28.6. The number of rotatable bonds is 12. The predicted octanol–water partition coefficient (Wildman–Crippen LogP) is 5.54. The number of nitrogens with zero attached hydrogens (tertiary/aromatic N) is 2. The molecule has 0 saturated heterocycles. The van der Waals surface area contributed by atoms with Crippen molar-refractivity contribution in [3.8, 4) is 0 Å². The molecule has 0 heterocycles. The van der Waals surface area contributed by atoms with Crippen molar-refractivity contribution < 1.29 is 18.0 Å². The summed E-state index contributed by atoms with van der Waals surface area (Å²) in [6, 6.07) is 21.9. The molecule has 39 heavy (non-hydrogen) atoms. The second kappa shape index (κ2) is 13.8. The summed E-state index contributed by atoms with van der Waals surface area (Å²) in [4.78, 5) is 28.7. The van der Waals surface area contributed by atoms with Crippen LogP contribution < -0.4 is 9.62 Å².